The van der Waals surface area contributed by atoms with E-state index < -0.39 is 0 Å². The maximum Gasteiger partial charge on any atom is 0.183 e. The summed E-state index contributed by atoms with van der Waals surface area (Å²) in [5, 5.41) is 6.47. The minimum Gasteiger partial charge on any atom is -0.351 e. The minimum absolute atomic E-state index is 0.128. The van der Waals surface area contributed by atoms with Gasteiger partial charge in [-0.05, 0) is 23.6 Å². The van der Waals surface area contributed by atoms with Gasteiger partial charge in [0.2, 0.25) is 0 Å². The second-order valence-corrected chi connectivity index (χ2v) is 5.58. The topological polar surface area (TPSA) is 24.9 Å². The maximum atomic E-state index is 4.34. The van der Waals surface area contributed by atoms with Crippen LogP contribution in [0.2, 0.25) is 0 Å². The normalized spacial score (nSPS) is 12.1. The van der Waals surface area contributed by atoms with E-state index in [9.17, 15) is 0 Å². The van der Waals surface area contributed by atoms with Crippen molar-refractivity contribution >= 4 is 16.5 Å². The van der Waals surface area contributed by atoms with E-state index in [2.05, 4.69) is 65.8 Å². The lowest BCUT2D eigenvalue weighted by molar-refractivity contribution is 0.923. The Balaban J connectivity index is 2.02. The van der Waals surface area contributed by atoms with Crippen LogP contribution in [0.25, 0.3) is 0 Å². The number of hydrogen-bond donors (Lipinski definition) is 1. The summed E-state index contributed by atoms with van der Waals surface area (Å²) in [5.41, 5.74) is 3.82. The highest BCUT2D eigenvalue weighted by Crippen LogP contribution is 2.29. The van der Waals surface area contributed by atoms with Gasteiger partial charge < -0.3 is 5.32 Å². The molecule has 1 unspecified atom stereocenters. The van der Waals surface area contributed by atoms with E-state index in [0.717, 1.165) is 5.13 Å². The van der Waals surface area contributed by atoms with Crippen LogP contribution in [0.5, 0.6) is 0 Å². The number of benzene rings is 2. The zero-order valence-electron chi connectivity index (χ0n) is 11.3. The van der Waals surface area contributed by atoms with Crippen molar-refractivity contribution in [2.75, 3.05) is 5.32 Å². The van der Waals surface area contributed by atoms with Crippen molar-refractivity contribution in [2.24, 2.45) is 0 Å². The molecule has 1 N–H and O–H groups in total. The lowest BCUT2D eigenvalue weighted by Crippen LogP contribution is -2.13. The molecular weight excluding hydrogens is 264 g/mol. The quantitative estimate of drug-likeness (QED) is 0.752. The van der Waals surface area contributed by atoms with Crippen LogP contribution in [-0.2, 0) is 0 Å². The second-order valence-electron chi connectivity index (χ2n) is 4.68. The molecule has 20 heavy (non-hydrogen) atoms. The highest BCUT2D eigenvalue weighted by molar-refractivity contribution is 7.13. The van der Waals surface area contributed by atoms with Crippen molar-refractivity contribution in [3.63, 3.8) is 0 Å². The zero-order valence-corrected chi connectivity index (χ0v) is 12.1. The van der Waals surface area contributed by atoms with Crippen molar-refractivity contribution in [3.8, 4) is 0 Å². The van der Waals surface area contributed by atoms with E-state index in [1.807, 2.05) is 17.6 Å². The minimum atomic E-state index is 0.128. The predicted octanol–water partition coefficient (Wildman–Crippen LogP) is 4.65. The molecule has 1 heterocycles. The monoisotopic (exact) mass is 280 g/mol. The van der Waals surface area contributed by atoms with Crippen LogP contribution in [0.15, 0.2) is 66.2 Å². The fourth-order valence-corrected chi connectivity index (χ4v) is 2.87. The van der Waals surface area contributed by atoms with Crippen LogP contribution < -0.4 is 5.32 Å². The molecule has 2 nitrogen and oxygen atoms in total. The number of nitrogens with zero attached hydrogens (tertiary/aromatic N) is 1. The first-order chi connectivity index (χ1) is 9.84. The maximum absolute atomic E-state index is 4.34. The molecule has 3 rings (SSSR count). The van der Waals surface area contributed by atoms with Crippen LogP contribution in [0.1, 0.15) is 22.7 Å². The van der Waals surface area contributed by atoms with Gasteiger partial charge in [0.05, 0.1) is 6.04 Å². The smallest absolute Gasteiger partial charge is 0.183 e. The summed E-state index contributed by atoms with van der Waals surface area (Å²) >= 11 is 1.62. The van der Waals surface area contributed by atoms with Gasteiger partial charge in [0.1, 0.15) is 0 Å². The molecule has 3 heteroatoms. The number of hydrogen-bond acceptors (Lipinski definition) is 3. The van der Waals surface area contributed by atoms with Gasteiger partial charge >= 0.3 is 0 Å². The summed E-state index contributed by atoms with van der Waals surface area (Å²) < 4.78 is 0. The molecule has 0 saturated carbocycles. The molecule has 2 aromatic carbocycles. The van der Waals surface area contributed by atoms with E-state index in [-0.39, 0.29) is 6.04 Å². The van der Waals surface area contributed by atoms with Gasteiger partial charge in [0.15, 0.2) is 5.13 Å². The molecule has 1 atom stereocenters. The van der Waals surface area contributed by atoms with Crippen molar-refractivity contribution in [3.05, 3.63) is 82.9 Å². The standard InChI is InChI=1S/C17H16N2S/c1-13-7-5-6-10-15(13)16(14-8-3-2-4-9-14)19-17-18-11-12-20-17/h2-12,16H,1H3,(H,18,19). The van der Waals surface area contributed by atoms with Crippen LogP contribution in [0, 0.1) is 6.92 Å². The van der Waals surface area contributed by atoms with Crippen molar-refractivity contribution in [1.82, 2.24) is 4.98 Å². The lowest BCUT2D eigenvalue weighted by atomic mass is 9.95. The van der Waals surface area contributed by atoms with Crippen LogP contribution in [0.4, 0.5) is 5.13 Å². The van der Waals surface area contributed by atoms with Gasteiger partial charge in [-0.2, -0.15) is 0 Å². The van der Waals surface area contributed by atoms with Crippen molar-refractivity contribution in [1.29, 1.82) is 0 Å². The third-order valence-electron chi connectivity index (χ3n) is 3.33. The molecular formula is C17H16N2S. The summed E-state index contributed by atoms with van der Waals surface area (Å²) in [6.45, 7) is 2.15. The van der Waals surface area contributed by atoms with Crippen molar-refractivity contribution < 1.29 is 0 Å². The molecule has 0 fully saturated rings. The number of anilines is 1. The summed E-state index contributed by atoms with van der Waals surface area (Å²) in [7, 11) is 0. The molecule has 0 spiro atoms. The highest BCUT2D eigenvalue weighted by Gasteiger charge is 2.16. The van der Waals surface area contributed by atoms with E-state index in [1.165, 1.54) is 16.7 Å². The Hall–Kier alpha value is -2.13. The molecule has 0 amide bonds. The fourth-order valence-electron chi connectivity index (χ4n) is 2.32. The Morgan fingerprint density at radius 1 is 1.00 bits per heavy atom. The Morgan fingerprint density at radius 3 is 2.45 bits per heavy atom. The third-order valence-corrected chi connectivity index (χ3v) is 4.04. The van der Waals surface area contributed by atoms with Gasteiger partial charge in [-0.25, -0.2) is 4.98 Å². The van der Waals surface area contributed by atoms with Crippen LogP contribution in [0.3, 0.4) is 0 Å². The Kier molecular flexibility index (Phi) is 3.79. The highest BCUT2D eigenvalue weighted by atomic mass is 32.1. The second kappa shape index (κ2) is 5.88. The molecule has 100 valence electrons. The zero-order chi connectivity index (χ0) is 13.8. The number of aryl methyl sites for hydroxylation is 1. The molecule has 0 saturated heterocycles. The van der Waals surface area contributed by atoms with Gasteiger partial charge in [-0.3, -0.25) is 0 Å². The van der Waals surface area contributed by atoms with Gasteiger partial charge in [0.25, 0.3) is 0 Å². The Bertz CT molecular complexity index is 662. The average Bonchev–Trinajstić information content (AvgIpc) is 3.00. The first kappa shape index (κ1) is 12.9. The molecule has 0 aliphatic carbocycles. The Labute approximate surface area is 123 Å². The SMILES string of the molecule is Cc1ccccc1C(Nc1nccs1)c1ccccc1. The first-order valence-corrected chi connectivity index (χ1v) is 7.49. The largest absolute Gasteiger partial charge is 0.351 e. The molecule has 1 aromatic heterocycles. The van der Waals surface area contributed by atoms with E-state index in [1.54, 1.807) is 11.3 Å². The van der Waals surface area contributed by atoms with E-state index in [4.69, 9.17) is 0 Å². The van der Waals surface area contributed by atoms with Crippen LogP contribution in [-0.4, -0.2) is 4.98 Å². The summed E-state index contributed by atoms with van der Waals surface area (Å²) in [5.74, 6) is 0. The molecule has 0 aliphatic rings. The van der Waals surface area contributed by atoms with Gasteiger partial charge in [0, 0.05) is 11.6 Å². The van der Waals surface area contributed by atoms with Gasteiger partial charge in [-0.1, -0.05) is 54.6 Å². The number of rotatable bonds is 4. The van der Waals surface area contributed by atoms with Crippen molar-refractivity contribution in [2.45, 2.75) is 13.0 Å². The Morgan fingerprint density at radius 2 is 1.75 bits per heavy atom. The molecule has 0 radical (unpaired) electrons. The number of nitrogens with one attached hydrogen (secondary N) is 1. The fraction of sp³-hybridized carbons (Fsp3) is 0.118. The van der Waals surface area contributed by atoms with E-state index in [0.29, 0.717) is 0 Å². The van der Waals surface area contributed by atoms with E-state index >= 15 is 0 Å². The van der Waals surface area contributed by atoms with Crippen LogP contribution >= 0.6 is 11.3 Å². The van der Waals surface area contributed by atoms with Gasteiger partial charge in [-0.15, -0.1) is 11.3 Å². The predicted molar refractivity (Wildman–Crippen MR) is 85.2 cm³/mol. The third kappa shape index (κ3) is 2.73. The lowest BCUT2D eigenvalue weighted by Gasteiger charge is -2.21. The summed E-state index contributed by atoms with van der Waals surface area (Å²) in [4.78, 5) is 4.34. The summed E-state index contributed by atoms with van der Waals surface area (Å²) in [6.07, 6.45) is 1.83. The average molecular weight is 280 g/mol. The summed E-state index contributed by atoms with van der Waals surface area (Å²) in [6, 6.07) is 19.1. The first-order valence-electron chi connectivity index (χ1n) is 6.61. The molecule has 0 aliphatic heterocycles. The molecule has 0 bridgehead atoms. The number of aromatic nitrogens is 1. The number of thiazole rings is 1. The molecule has 3 aromatic rings.